The highest BCUT2D eigenvalue weighted by Gasteiger charge is 2.46. The highest BCUT2D eigenvalue weighted by Crippen LogP contribution is 2.45. The average Bonchev–Trinajstić information content (AvgIpc) is 3.24. The number of carbonyl (C=O) groups is 1. The Morgan fingerprint density at radius 1 is 1.25 bits per heavy atom. The lowest BCUT2D eigenvalue weighted by Gasteiger charge is -2.47. The molecule has 2 aliphatic heterocycles. The fraction of sp³-hybridized carbons (Fsp3) is 0.609. The minimum atomic E-state index is -0.554. The Hall–Kier alpha value is -1.99. The number of rotatable bonds is 2. The minimum Gasteiger partial charge on any atom is -0.508 e. The van der Waals surface area contributed by atoms with E-state index in [2.05, 4.69) is 28.6 Å². The number of likely N-dealkylation sites (tertiary alicyclic amines) is 1. The molecule has 1 saturated heterocycles. The summed E-state index contributed by atoms with van der Waals surface area (Å²) >= 11 is 12.6. The number of hydrogen-bond donors (Lipinski definition) is 1. The van der Waals surface area contributed by atoms with Gasteiger partial charge in [-0.3, -0.25) is 0 Å². The van der Waals surface area contributed by atoms with Gasteiger partial charge in [-0.05, 0) is 59.6 Å². The zero-order valence-electron chi connectivity index (χ0n) is 19.2. The maximum Gasteiger partial charge on any atom is 0.410 e. The molecule has 0 radical (unpaired) electrons. The number of phenolic OH excluding ortho intramolecular Hbond substituents is 1. The summed E-state index contributed by atoms with van der Waals surface area (Å²) in [7, 11) is 0. The number of phenols is 1. The summed E-state index contributed by atoms with van der Waals surface area (Å²) < 4.78 is 7.79. The summed E-state index contributed by atoms with van der Waals surface area (Å²) in [6, 6.07) is 3.17. The van der Waals surface area contributed by atoms with Crippen LogP contribution in [-0.2, 0) is 17.7 Å². The minimum absolute atomic E-state index is 0.00667. The van der Waals surface area contributed by atoms with E-state index in [1.807, 2.05) is 25.7 Å². The molecule has 1 amide bonds. The first-order chi connectivity index (χ1) is 14.9. The molecule has 7 nitrogen and oxygen atoms in total. The maximum atomic E-state index is 12.9. The van der Waals surface area contributed by atoms with E-state index in [9.17, 15) is 9.90 Å². The van der Waals surface area contributed by atoms with Gasteiger partial charge in [0.1, 0.15) is 23.0 Å². The summed E-state index contributed by atoms with van der Waals surface area (Å²) in [6.45, 7) is 11.0. The molecule has 1 N–H and O–H groups in total. The van der Waals surface area contributed by atoms with Crippen molar-refractivity contribution in [2.75, 3.05) is 6.54 Å². The Kier molecular flexibility index (Phi) is 5.87. The van der Waals surface area contributed by atoms with Crippen LogP contribution in [0.25, 0.3) is 0 Å². The largest absolute Gasteiger partial charge is 0.508 e. The molecular formula is C23H30Cl2N4O3. The number of aromatic nitrogens is 3. The summed E-state index contributed by atoms with van der Waals surface area (Å²) in [5.74, 6) is 1.81. The number of piperidine rings is 1. The van der Waals surface area contributed by atoms with E-state index in [4.69, 9.17) is 27.9 Å². The molecule has 1 aromatic heterocycles. The zero-order valence-corrected chi connectivity index (χ0v) is 20.7. The molecule has 0 spiro atoms. The maximum absolute atomic E-state index is 12.9. The van der Waals surface area contributed by atoms with Crippen LogP contribution in [0.4, 0.5) is 4.79 Å². The summed E-state index contributed by atoms with van der Waals surface area (Å²) in [6.07, 6.45) is 2.07. The molecule has 2 unspecified atom stereocenters. The predicted molar refractivity (Wildman–Crippen MR) is 124 cm³/mol. The molecule has 2 aromatic rings. The van der Waals surface area contributed by atoms with Crippen LogP contribution in [0.15, 0.2) is 12.1 Å². The Balaban J connectivity index is 1.62. The molecule has 0 bridgehead atoms. The first-order valence-electron chi connectivity index (χ1n) is 11.0. The molecule has 1 fully saturated rings. The van der Waals surface area contributed by atoms with Crippen molar-refractivity contribution in [2.45, 2.75) is 83.4 Å². The molecule has 9 heteroatoms. The van der Waals surface area contributed by atoms with Gasteiger partial charge in [-0.2, -0.15) is 0 Å². The Bertz CT molecular complexity index is 1040. The van der Waals surface area contributed by atoms with Gasteiger partial charge >= 0.3 is 6.09 Å². The van der Waals surface area contributed by atoms with Gasteiger partial charge in [0.05, 0.1) is 15.6 Å². The number of amides is 1. The molecule has 4 rings (SSSR count). The summed E-state index contributed by atoms with van der Waals surface area (Å²) in [4.78, 5) is 14.7. The van der Waals surface area contributed by atoms with Crippen molar-refractivity contribution in [3.63, 3.8) is 0 Å². The monoisotopic (exact) mass is 480 g/mol. The second-order valence-electron chi connectivity index (χ2n) is 10.3. The van der Waals surface area contributed by atoms with Crippen LogP contribution >= 0.6 is 23.2 Å². The van der Waals surface area contributed by atoms with E-state index in [0.29, 0.717) is 35.1 Å². The third kappa shape index (κ3) is 4.05. The number of ether oxygens (including phenoxy) is 1. The van der Waals surface area contributed by atoms with E-state index in [0.717, 1.165) is 24.5 Å². The highest BCUT2D eigenvalue weighted by atomic mass is 35.5. The van der Waals surface area contributed by atoms with Gasteiger partial charge in [-0.25, -0.2) is 4.79 Å². The second kappa shape index (κ2) is 8.10. The fourth-order valence-corrected chi connectivity index (χ4v) is 5.45. The SMILES string of the molecule is CC(C)(C)OC(=O)N1CCCC(c2nnc3n2CC(c2c(O)ccc(Cl)c2Cl)C3)C1(C)C. The van der Waals surface area contributed by atoms with Crippen LogP contribution in [0.2, 0.25) is 10.0 Å². The molecule has 174 valence electrons. The predicted octanol–water partition coefficient (Wildman–Crippen LogP) is 5.52. The van der Waals surface area contributed by atoms with Gasteiger partial charge in [0.2, 0.25) is 0 Å². The van der Waals surface area contributed by atoms with Crippen molar-refractivity contribution >= 4 is 29.3 Å². The summed E-state index contributed by atoms with van der Waals surface area (Å²) in [5.41, 5.74) is -0.395. The van der Waals surface area contributed by atoms with Crippen molar-refractivity contribution in [3.05, 3.63) is 39.4 Å². The Morgan fingerprint density at radius 2 is 1.97 bits per heavy atom. The zero-order chi connectivity index (χ0) is 23.4. The van der Waals surface area contributed by atoms with Crippen molar-refractivity contribution in [1.82, 2.24) is 19.7 Å². The van der Waals surface area contributed by atoms with Gasteiger partial charge in [0, 0.05) is 36.9 Å². The highest BCUT2D eigenvalue weighted by molar-refractivity contribution is 6.42. The number of halogens is 2. The molecule has 0 aliphatic carbocycles. The first-order valence-corrected chi connectivity index (χ1v) is 11.7. The normalized spacial score (nSPS) is 22.7. The fourth-order valence-electron chi connectivity index (χ4n) is 4.97. The molecule has 32 heavy (non-hydrogen) atoms. The standard InChI is InChI=1S/C23H30Cl2N4O3/c1-22(2,3)32-21(31)29-10-6-7-14(23(29,4)5)20-27-26-17-11-13(12-28(17)20)18-16(30)9-8-15(24)19(18)25/h8-9,13-14,30H,6-7,10-12H2,1-5H3. The van der Waals surface area contributed by atoms with Crippen molar-refractivity contribution < 1.29 is 14.6 Å². The second-order valence-corrected chi connectivity index (χ2v) is 11.0. The van der Waals surface area contributed by atoms with Crippen LogP contribution in [0, 0.1) is 0 Å². The summed E-state index contributed by atoms with van der Waals surface area (Å²) in [5, 5.41) is 20.2. The van der Waals surface area contributed by atoms with E-state index in [-0.39, 0.29) is 23.7 Å². The van der Waals surface area contributed by atoms with Crippen LogP contribution in [0.1, 0.15) is 76.5 Å². The lowest BCUT2D eigenvalue weighted by Crippen LogP contribution is -2.56. The number of carbonyl (C=O) groups excluding carboxylic acids is 1. The van der Waals surface area contributed by atoms with Crippen LogP contribution in [0.3, 0.4) is 0 Å². The van der Waals surface area contributed by atoms with Crippen molar-refractivity contribution in [2.24, 2.45) is 0 Å². The number of hydrogen-bond acceptors (Lipinski definition) is 5. The smallest absolute Gasteiger partial charge is 0.410 e. The van der Waals surface area contributed by atoms with Gasteiger partial charge in [0.15, 0.2) is 0 Å². The molecule has 1 aromatic carbocycles. The molecule has 2 aliphatic rings. The topological polar surface area (TPSA) is 80.5 Å². The van der Waals surface area contributed by atoms with E-state index in [1.165, 1.54) is 0 Å². The van der Waals surface area contributed by atoms with Crippen LogP contribution in [0.5, 0.6) is 5.75 Å². The number of fused-ring (bicyclic) bond motifs is 1. The van der Waals surface area contributed by atoms with Crippen molar-refractivity contribution in [3.8, 4) is 5.75 Å². The van der Waals surface area contributed by atoms with E-state index in [1.54, 1.807) is 12.1 Å². The third-order valence-corrected chi connectivity index (χ3v) is 7.37. The third-order valence-electron chi connectivity index (χ3n) is 6.55. The van der Waals surface area contributed by atoms with Crippen LogP contribution < -0.4 is 0 Å². The first kappa shape index (κ1) is 23.2. The van der Waals surface area contributed by atoms with Gasteiger partial charge in [0.25, 0.3) is 0 Å². The molecular weight excluding hydrogens is 451 g/mol. The molecule has 0 saturated carbocycles. The number of aromatic hydroxyl groups is 1. The number of benzene rings is 1. The number of nitrogens with zero attached hydrogens (tertiary/aromatic N) is 4. The van der Waals surface area contributed by atoms with E-state index >= 15 is 0 Å². The van der Waals surface area contributed by atoms with Gasteiger partial charge in [-0.1, -0.05) is 23.2 Å². The van der Waals surface area contributed by atoms with Gasteiger partial charge in [-0.15, -0.1) is 10.2 Å². The van der Waals surface area contributed by atoms with E-state index < -0.39 is 11.1 Å². The quantitative estimate of drug-likeness (QED) is 0.611. The average molecular weight is 481 g/mol. The lowest BCUT2D eigenvalue weighted by molar-refractivity contribution is -0.0138. The molecule has 2 atom stereocenters. The van der Waals surface area contributed by atoms with Gasteiger partial charge < -0.3 is 19.3 Å². The molecule has 3 heterocycles. The Labute approximate surface area is 198 Å². The Morgan fingerprint density at radius 3 is 2.66 bits per heavy atom. The van der Waals surface area contributed by atoms with Crippen molar-refractivity contribution in [1.29, 1.82) is 0 Å². The van der Waals surface area contributed by atoms with Crippen LogP contribution in [-0.4, -0.2) is 48.5 Å². The lowest BCUT2D eigenvalue weighted by atomic mass is 9.78.